The van der Waals surface area contributed by atoms with Crippen molar-refractivity contribution in [2.45, 2.75) is 339 Å². The van der Waals surface area contributed by atoms with E-state index in [4.69, 9.17) is 9.47 Å². The zero-order valence-corrected chi connectivity index (χ0v) is 45.5. The van der Waals surface area contributed by atoms with Crippen LogP contribution in [0.25, 0.3) is 0 Å². The van der Waals surface area contributed by atoms with Crippen molar-refractivity contribution >= 4 is 16.3 Å². The number of rotatable bonds is 52. The number of hydrogen-bond acceptors (Lipinski definition) is 10. The molecule has 6 N–H and O–H groups in total. The smallest absolute Gasteiger partial charge is 0.394 e. The lowest BCUT2D eigenvalue weighted by Gasteiger charge is -2.41. The standard InChI is InChI=1S/C56H111NO11S/c1-3-5-7-9-11-13-15-17-18-19-20-21-22-23-24-25-26-27-28-29-30-31-32-34-36-38-40-42-44-46-52(60)57-49(50(59)45-43-41-39-37-35-33-16-14-12-10-8-6-4-2)48-66-56-54(62)55(68-69(63,64)65)53(61)51(47-58)67-56/h49-51,53-56,58-59,61-62H,3-48H2,1-2H3,(H,57,60)(H,63,64,65). The van der Waals surface area contributed by atoms with Gasteiger partial charge in [0.25, 0.3) is 0 Å². The SMILES string of the molecule is CCCCCCCCCCCCCCCCCCCCCCCCCCCCCCCC(=O)NC(COC1OC(CO)C(O)C(OS(=O)(=O)O)C1O)C(O)CCCCCCCCCCCCCCC. The molecule has 1 saturated heterocycles. The summed E-state index contributed by atoms with van der Waals surface area (Å²) in [6.45, 7) is 3.49. The topological polar surface area (TPSA) is 192 Å². The molecule has 7 unspecified atom stereocenters. The first-order valence-corrected chi connectivity index (χ1v) is 30.8. The maximum absolute atomic E-state index is 13.1. The van der Waals surface area contributed by atoms with Crippen LogP contribution in [0.2, 0.25) is 0 Å². The summed E-state index contributed by atoms with van der Waals surface area (Å²) >= 11 is 0. The molecule has 1 fully saturated rings. The fraction of sp³-hybridized carbons (Fsp3) is 0.982. The van der Waals surface area contributed by atoms with Crippen molar-refractivity contribution in [2.75, 3.05) is 13.2 Å². The predicted octanol–water partition coefficient (Wildman–Crippen LogP) is 13.7. The van der Waals surface area contributed by atoms with Crippen LogP contribution in [0.15, 0.2) is 0 Å². The second kappa shape index (κ2) is 46.9. The summed E-state index contributed by atoms with van der Waals surface area (Å²) in [7, 11) is -5.08. The molecular weight excluding hydrogens is 895 g/mol. The van der Waals surface area contributed by atoms with Gasteiger partial charge in [-0.05, 0) is 12.8 Å². The predicted molar refractivity (Wildman–Crippen MR) is 283 cm³/mol. The zero-order chi connectivity index (χ0) is 50.5. The minimum atomic E-state index is -5.08. The lowest BCUT2D eigenvalue weighted by Crippen LogP contribution is -2.61. The van der Waals surface area contributed by atoms with Crippen LogP contribution >= 0.6 is 0 Å². The molecule has 0 spiro atoms. The fourth-order valence-electron chi connectivity index (χ4n) is 9.88. The second-order valence-electron chi connectivity index (χ2n) is 21.0. The monoisotopic (exact) mass is 1010 g/mol. The van der Waals surface area contributed by atoms with Crippen molar-refractivity contribution in [1.29, 1.82) is 0 Å². The van der Waals surface area contributed by atoms with E-state index in [1.165, 1.54) is 218 Å². The normalized spacial score (nSPS) is 19.6. The first-order valence-electron chi connectivity index (χ1n) is 29.4. The van der Waals surface area contributed by atoms with Gasteiger partial charge in [-0.15, -0.1) is 0 Å². The van der Waals surface area contributed by atoms with E-state index in [1.54, 1.807) is 0 Å². The van der Waals surface area contributed by atoms with Gasteiger partial charge in [0.1, 0.15) is 24.4 Å². The summed E-state index contributed by atoms with van der Waals surface area (Å²) in [6.07, 6.45) is 45.6. The third kappa shape index (κ3) is 39.3. The van der Waals surface area contributed by atoms with E-state index in [1.807, 2.05) is 0 Å². The summed E-state index contributed by atoms with van der Waals surface area (Å²) in [5.41, 5.74) is 0. The number of carbonyl (C=O) groups is 1. The van der Waals surface area contributed by atoms with Gasteiger partial charge in [0.05, 0.1) is 25.4 Å². The average molecular weight is 1010 g/mol. The first kappa shape index (κ1) is 66.1. The Morgan fingerprint density at radius 3 is 1.16 bits per heavy atom. The van der Waals surface area contributed by atoms with Gasteiger partial charge in [-0.2, -0.15) is 8.42 Å². The van der Waals surface area contributed by atoms with Gasteiger partial charge in [0.15, 0.2) is 6.29 Å². The average Bonchev–Trinajstić information content (AvgIpc) is 3.32. The van der Waals surface area contributed by atoms with Crippen LogP contribution in [-0.4, -0.2) is 95.4 Å². The van der Waals surface area contributed by atoms with Crippen LogP contribution in [0.1, 0.15) is 296 Å². The van der Waals surface area contributed by atoms with Crippen molar-refractivity contribution in [3.05, 3.63) is 0 Å². The van der Waals surface area contributed by atoms with E-state index in [2.05, 4.69) is 23.3 Å². The first-order chi connectivity index (χ1) is 33.5. The summed E-state index contributed by atoms with van der Waals surface area (Å²) in [5.74, 6) is -0.223. The molecule has 0 saturated carbocycles. The molecule has 1 aliphatic heterocycles. The minimum Gasteiger partial charge on any atom is -0.394 e. The minimum absolute atomic E-state index is 0.223. The molecule has 13 heteroatoms. The van der Waals surface area contributed by atoms with Crippen molar-refractivity contribution in [1.82, 2.24) is 5.32 Å². The van der Waals surface area contributed by atoms with Crippen molar-refractivity contribution in [2.24, 2.45) is 0 Å². The number of carbonyl (C=O) groups excluding carboxylic acids is 1. The molecule has 0 aromatic rings. The Morgan fingerprint density at radius 1 is 0.522 bits per heavy atom. The number of unbranched alkanes of at least 4 members (excludes halogenated alkanes) is 40. The zero-order valence-electron chi connectivity index (χ0n) is 44.7. The molecule has 0 aromatic heterocycles. The molecule has 0 radical (unpaired) electrons. The highest BCUT2D eigenvalue weighted by Gasteiger charge is 2.48. The van der Waals surface area contributed by atoms with Crippen molar-refractivity contribution in [3.8, 4) is 0 Å². The van der Waals surface area contributed by atoms with Gasteiger partial charge in [0.2, 0.25) is 5.91 Å². The van der Waals surface area contributed by atoms with E-state index < -0.39 is 59.9 Å². The molecule has 7 atom stereocenters. The van der Waals surface area contributed by atoms with Crippen molar-refractivity contribution in [3.63, 3.8) is 0 Å². The number of aliphatic hydroxyl groups excluding tert-OH is 4. The van der Waals surface area contributed by atoms with Crippen LogP contribution < -0.4 is 5.32 Å². The van der Waals surface area contributed by atoms with Gasteiger partial charge < -0.3 is 35.2 Å². The van der Waals surface area contributed by atoms with Crippen LogP contribution in [-0.2, 0) is 28.9 Å². The second-order valence-corrected chi connectivity index (χ2v) is 22.0. The van der Waals surface area contributed by atoms with Gasteiger partial charge in [-0.3, -0.25) is 9.35 Å². The third-order valence-corrected chi connectivity index (χ3v) is 14.9. The van der Waals surface area contributed by atoms with E-state index in [9.17, 15) is 38.2 Å². The molecule has 1 rings (SSSR count). The third-order valence-electron chi connectivity index (χ3n) is 14.4. The Bertz CT molecular complexity index is 1230. The van der Waals surface area contributed by atoms with Gasteiger partial charge in [-0.25, -0.2) is 4.18 Å². The van der Waals surface area contributed by atoms with Crippen LogP contribution in [0, 0.1) is 0 Å². The van der Waals surface area contributed by atoms with Crippen molar-refractivity contribution < 1.29 is 51.8 Å². The summed E-state index contributed by atoms with van der Waals surface area (Å²) in [6, 6.07) is -0.852. The number of amides is 1. The molecule has 0 bridgehead atoms. The van der Waals surface area contributed by atoms with E-state index >= 15 is 0 Å². The molecule has 1 aliphatic rings. The molecule has 1 amide bonds. The lowest BCUT2D eigenvalue weighted by molar-refractivity contribution is -0.298. The molecule has 0 aromatic carbocycles. The molecule has 412 valence electrons. The summed E-state index contributed by atoms with van der Waals surface area (Å²) < 4.78 is 47.8. The van der Waals surface area contributed by atoms with Crippen LogP contribution in [0.3, 0.4) is 0 Å². The maximum atomic E-state index is 13.1. The number of hydrogen-bond donors (Lipinski definition) is 6. The molecule has 69 heavy (non-hydrogen) atoms. The maximum Gasteiger partial charge on any atom is 0.397 e. The fourth-order valence-corrected chi connectivity index (χ4v) is 10.4. The highest BCUT2D eigenvalue weighted by molar-refractivity contribution is 7.80. The Hall–Kier alpha value is -0.900. The molecule has 12 nitrogen and oxygen atoms in total. The van der Waals surface area contributed by atoms with Gasteiger partial charge in [-0.1, -0.05) is 277 Å². The van der Waals surface area contributed by atoms with Crippen LogP contribution in [0.5, 0.6) is 0 Å². The Balaban J connectivity index is 2.24. The Morgan fingerprint density at radius 2 is 0.841 bits per heavy atom. The number of aliphatic hydroxyl groups is 4. The quantitative estimate of drug-likeness (QED) is 0.0251. The lowest BCUT2D eigenvalue weighted by atomic mass is 9.99. The number of ether oxygens (including phenoxy) is 2. The van der Waals surface area contributed by atoms with E-state index in [-0.39, 0.29) is 12.5 Å². The van der Waals surface area contributed by atoms with E-state index in [0.717, 1.165) is 51.4 Å². The highest BCUT2D eigenvalue weighted by atomic mass is 32.3. The highest BCUT2D eigenvalue weighted by Crippen LogP contribution is 2.26. The molecular formula is C56H111NO11S. The van der Waals surface area contributed by atoms with Crippen LogP contribution in [0.4, 0.5) is 0 Å². The summed E-state index contributed by atoms with van der Waals surface area (Å²) in [4.78, 5) is 13.1. The van der Waals surface area contributed by atoms with Gasteiger partial charge >= 0.3 is 10.4 Å². The number of nitrogens with one attached hydrogen (secondary N) is 1. The van der Waals surface area contributed by atoms with E-state index in [0.29, 0.717) is 12.8 Å². The Kier molecular flexibility index (Phi) is 44.9. The Labute approximate surface area is 424 Å². The van der Waals surface area contributed by atoms with Gasteiger partial charge in [0, 0.05) is 6.42 Å². The molecule has 0 aliphatic carbocycles. The largest absolute Gasteiger partial charge is 0.397 e. The molecule has 1 heterocycles. The summed E-state index contributed by atoms with van der Waals surface area (Å²) in [5, 5.41) is 45.0.